The second-order valence-corrected chi connectivity index (χ2v) is 9.70. The van der Waals surface area contributed by atoms with Gasteiger partial charge in [-0.3, -0.25) is 4.79 Å². The van der Waals surface area contributed by atoms with Crippen LogP contribution in [0.2, 0.25) is 0 Å². The highest BCUT2D eigenvalue weighted by atomic mass is 79.9. The van der Waals surface area contributed by atoms with E-state index in [1.54, 1.807) is 24.3 Å². The lowest BCUT2D eigenvalue weighted by Gasteiger charge is -2.37. The molecule has 1 aliphatic carbocycles. The Hall–Kier alpha value is -2.34. The lowest BCUT2D eigenvalue weighted by molar-refractivity contribution is -0.118. The van der Waals surface area contributed by atoms with Crippen LogP contribution in [0.15, 0.2) is 46.9 Å². The Bertz CT molecular complexity index is 964. The van der Waals surface area contributed by atoms with E-state index >= 15 is 0 Å². The van der Waals surface area contributed by atoms with Crippen molar-refractivity contribution in [1.29, 1.82) is 0 Å². The van der Waals surface area contributed by atoms with Crippen molar-refractivity contribution in [2.45, 2.75) is 45.4 Å². The standard InChI is InChI=1S/C25H28BrNO4/c1-2-31-21-7-8-22(26)19(14-21)13-17-9-11-25(12-10-17)15-23(28)27(16-25)20-5-3-18(4-6-20)24(29)30/h3-8,14,17H,2,9-13,15-16H2,1H3,(H,29,30). The second kappa shape index (κ2) is 9.03. The monoisotopic (exact) mass is 485 g/mol. The molecule has 2 fully saturated rings. The van der Waals surface area contributed by atoms with E-state index in [0.29, 0.717) is 18.9 Å². The largest absolute Gasteiger partial charge is 0.494 e. The molecule has 2 aromatic carbocycles. The quantitative estimate of drug-likeness (QED) is 0.569. The predicted octanol–water partition coefficient (Wildman–Crippen LogP) is 5.70. The molecule has 0 radical (unpaired) electrons. The van der Waals surface area contributed by atoms with Crippen LogP contribution in [-0.4, -0.2) is 30.1 Å². The van der Waals surface area contributed by atoms with Crippen LogP contribution in [0.5, 0.6) is 5.75 Å². The topological polar surface area (TPSA) is 66.8 Å². The second-order valence-electron chi connectivity index (χ2n) is 8.84. The number of nitrogens with zero attached hydrogens (tertiary/aromatic N) is 1. The van der Waals surface area contributed by atoms with E-state index in [-0.39, 0.29) is 16.9 Å². The van der Waals surface area contributed by atoms with Crippen molar-refractivity contribution in [3.8, 4) is 5.75 Å². The summed E-state index contributed by atoms with van der Waals surface area (Å²) in [5.74, 6) is 0.720. The van der Waals surface area contributed by atoms with E-state index in [1.807, 2.05) is 17.9 Å². The molecule has 1 spiro atoms. The van der Waals surface area contributed by atoms with Crippen LogP contribution in [0.25, 0.3) is 0 Å². The molecule has 1 saturated heterocycles. The Morgan fingerprint density at radius 2 is 1.90 bits per heavy atom. The number of carboxylic acid groups (broad SMARTS) is 1. The SMILES string of the molecule is CCOc1ccc(Br)c(CC2CCC3(CC2)CC(=O)N(c2ccc(C(=O)O)cc2)C3)c1. The molecular formula is C25H28BrNO4. The van der Waals surface area contributed by atoms with Crippen molar-refractivity contribution < 1.29 is 19.4 Å². The summed E-state index contributed by atoms with van der Waals surface area (Å²) >= 11 is 3.68. The van der Waals surface area contributed by atoms with Crippen molar-refractivity contribution in [2.24, 2.45) is 11.3 Å². The molecule has 2 aliphatic rings. The molecule has 31 heavy (non-hydrogen) atoms. The number of carbonyl (C=O) groups is 2. The number of ether oxygens (including phenoxy) is 1. The molecule has 1 aliphatic heterocycles. The highest BCUT2D eigenvalue weighted by Crippen LogP contribution is 2.48. The molecule has 2 aromatic rings. The van der Waals surface area contributed by atoms with Gasteiger partial charge in [0.05, 0.1) is 12.2 Å². The number of halogens is 1. The van der Waals surface area contributed by atoms with Gasteiger partial charge in [0.15, 0.2) is 0 Å². The zero-order valence-corrected chi connectivity index (χ0v) is 19.4. The van der Waals surface area contributed by atoms with E-state index in [9.17, 15) is 9.59 Å². The third-order valence-corrected chi connectivity index (χ3v) is 7.52. The molecule has 6 heteroatoms. The van der Waals surface area contributed by atoms with Gasteiger partial charge in [-0.15, -0.1) is 0 Å². The highest BCUT2D eigenvalue weighted by Gasteiger charge is 2.45. The fraction of sp³-hybridized carbons (Fsp3) is 0.440. The average Bonchev–Trinajstić information content (AvgIpc) is 3.08. The molecule has 0 aromatic heterocycles. The number of aromatic carboxylic acids is 1. The Morgan fingerprint density at radius 3 is 2.55 bits per heavy atom. The van der Waals surface area contributed by atoms with Crippen LogP contribution in [-0.2, 0) is 11.2 Å². The molecule has 1 saturated carbocycles. The van der Waals surface area contributed by atoms with Gasteiger partial charge in [-0.1, -0.05) is 15.9 Å². The zero-order valence-electron chi connectivity index (χ0n) is 17.8. The normalized spacial score (nSPS) is 23.4. The minimum Gasteiger partial charge on any atom is -0.494 e. The highest BCUT2D eigenvalue weighted by molar-refractivity contribution is 9.10. The summed E-state index contributed by atoms with van der Waals surface area (Å²) < 4.78 is 6.78. The summed E-state index contributed by atoms with van der Waals surface area (Å²) in [6.07, 6.45) is 5.94. The fourth-order valence-corrected chi connectivity index (χ4v) is 5.43. The molecule has 1 heterocycles. The van der Waals surface area contributed by atoms with Gasteiger partial charge in [0.2, 0.25) is 5.91 Å². The third kappa shape index (κ3) is 4.79. The summed E-state index contributed by atoms with van der Waals surface area (Å²) in [4.78, 5) is 25.7. The molecular weight excluding hydrogens is 458 g/mol. The lowest BCUT2D eigenvalue weighted by atomic mass is 9.69. The van der Waals surface area contributed by atoms with E-state index < -0.39 is 5.97 Å². The molecule has 0 atom stereocenters. The molecule has 0 unspecified atom stereocenters. The van der Waals surface area contributed by atoms with Crippen molar-refractivity contribution in [3.63, 3.8) is 0 Å². The van der Waals surface area contributed by atoms with Gasteiger partial charge in [-0.25, -0.2) is 4.79 Å². The molecule has 5 nitrogen and oxygen atoms in total. The summed E-state index contributed by atoms with van der Waals surface area (Å²) in [6, 6.07) is 12.8. The minimum atomic E-state index is -0.951. The molecule has 0 bridgehead atoms. The van der Waals surface area contributed by atoms with Crippen molar-refractivity contribution in [2.75, 3.05) is 18.1 Å². The number of hydrogen-bond acceptors (Lipinski definition) is 3. The lowest BCUT2D eigenvalue weighted by Crippen LogP contribution is -2.32. The maximum Gasteiger partial charge on any atom is 0.335 e. The number of anilines is 1. The van der Waals surface area contributed by atoms with Crippen LogP contribution >= 0.6 is 15.9 Å². The number of rotatable bonds is 6. The first kappa shape index (κ1) is 21.9. The van der Waals surface area contributed by atoms with Crippen LogP contribution in [0, 0.1) is 11.3 Å². The van der Waals surface area contributed by atoms with Crippen LogP contribution in [0.1, 0.15) is 54.9 Å². The smallest absolute Gasteiger partial charge is 0.335 e. The fourth-order valence-electron chi connectivity index (χ4n) is 5.02. The van der Waals surface area contributed by atoms with Gasteiger partial charge in [0, 0.05) is 23.1 Å². The van der Waals surface area contributed by atoms with Crippen molar-refractivity contribution >= 4 is 33.5 Å². The summed E-state index contributed by atoms with van der Waals surface area (Å²) in [5, 5.41) is 9.09. The van der Waals surface area contributed by atoms with Crippen LogP contribution in [0.4, 0.5) is 5.69 Å². The van der Waals surface area contributed by atoms with Gasteiger partial charge in [0.1, 0.15) is 5.75 Å². The number of hydrogen-bond donors (Lipinski definition) is 1. The Labute approximate surface area is 191 Å². The van der Waals surface area contributed by atoms with Crippen molar-refractivity contribution in [1.82, 2.24) is 0 Å². The van der Waals surface area contributed by atoms with Gasteiger partial charge < -0.3 is 14.7 Å². The predicted molar refractivity (Wildman–Crippen MR) is 124 cm³/mol. The van der Waals surface area contributed by atoms with Gasteiger partial charge in [-0.05, 0) is 98.4 Å². The molecule has 1 amide bonds. The van der Waals surface area contributed by atoms with E-state index in [1.165, 1.54) is 5.56 Å². The Balaban J connectivity index is 1.39. The first-order valence-electron chi connectivity index (χ1n) is 10.9. The van der Waals surface area contributed by atoms with E-state index in [4.69, 9.17) is 9.84 Å². The van der Waals surface area contributed by atoms with Crippen molar-refractivity contribution in [3.05, 3.63) is 58.1 Å². The summed E-state index contributed by atoms with van der Waals surface area (Å²) in [5.41, 5.74) is 2.37. The van der Waals surface area contributed by atoms with Gasteiger partial charge >= 0.3 is 5.97 Å². The van der Waals surface area contributed by atoms with Gasteiger partial charge in [-0.2, -0.15) is 0 Å². The molecule has 4 rings (SSSR count). The van der Waals surface area contributed by atoms with E-state index in [2.05, 4.69) is 28.1 Å². The minimum absolute atomic E-state index is 0.0451. The maximum atomic E-state index is 12.8. The number of carboxylic acids is 1. The van der Waals surface area contributed by atoms with Gasteiger partial charge in [0.25, 0.3) is 0 Å². The average molecular weight is 486 g/mol. The first-order valence-corrected chi connectivity index (χ1v) is 11.7. The van der Waals surface area contributed by atoms with E-state index in [0.717, 1.165) is 54.6 Å². The maximum absolute atomic E-state index is 12.8. The molecule has 1 N–H and O–H groups in total. The summed E-state index contributed by atoms with van der Waals surface area (Å²) in [7, 11) is 0. The van der Waals surface area contributed by atoms with Crippen LogP contribution < -0.4 is 9.64 Å². The molecule has 164 valence electrons. The third-order valence-electron chi connectivity index (χ3n) is 6.75. The number of amides is 1. The zero-order chi connectivity index (χ0) is 22.0. The Morgan fingerprint density at radius 1 is 1.19 bits per heavy atom. The van der Waals surface area contributed by atoms with Crippen LogP contribution in [0.3, 0.4) is 0 Å². The first-order chi connectivity index (χ1) is 14.9. The summed E-state index contributed by atoms with van der Waals surface area (Å²) in [6.45, 7) is 3.39. The number of carbonyl (C=O) groups excluding carboxylic acids is 1. The Kier molecular flexibility index (Phi) is 6.37. The number of benzene rings is 2.